The molecule has 0 spiro atoms. The lowest BCUT2D eigenvalue weighted by Gasteiger charge is -2.12. The number of rotatable bonds is 9. The monoisotopic (exact) mass is 429 g/mol. The van der Waals surface area contributed by atoms with Crippen molar-refractivity contribution in [3.8, 4) is 11.6 Å². The highest BCUT2D eigenvalue weighted by atomic mass is 32.2. The molecule has 3 aromatic heterocycles. The van der Waals surface area contributed by atoms with Gasteiger partial charge in [-0.2, -0.15) is 0 Å². The number of Topliss-reactive ketones (excluding diaryl/α,β-unsaturated/α-hetero) is 2. The van der Waals surface area contributed by atoms with Crippen LogP contribution in [0.1, 0.15) is 52.4 Å². The van der Waals surface area contributed by atoms with Gasteiger partial charge in [0.15, 0.2) is 28.3 Å². The Hall–Kier alpha value is -3.14. The number of aromatic amines is 1. The lowest BCUT2D eigenvalue weighted by molar-refractivity contribution is -0.118. The van der Waals surface area contributed by atoms with Crippen molar-refractivity contribution in [1.82, 2.24) is 19.7 Å². The van der Waals surface area contributed by atoms with Gasteiger partial charge in [-0.1, -0.05) is 11.8 Å². The standard InChI is InChI=1S/C20H23N5O4S/c1-10-16(12(3)26)11(2)22-17(10)18(28)13(4)30-20-24-23-19(14-6-5-9-29-14)25(20)8-7-15(21)27/h5-6,9,13,22H,7-8H2,1-4H3,(H2,21,27). The number of nitrogens with one attached hydrogen (secondary N) is 1. The van der Waals surface area contributed by atoms with Crippen LogP contribution in [0.5, 0.6) is 0 Å². The first-order valence-electron chi connectivity index (χ1n) is 9.37. The molecule has 9 nitrogen and oxygen atoms in total. The topological polar surface area (TPSA) is 137 Å². The van der Waals surface area contributed by atoms with E-state index in [1.165, 1.54) is 24.9 Å². The average Bonchev–Trinajstić information content (AvgIpc) is 3.38. The number of carbonyl (C=O) groups excluding carboxylic acids is 3. The van der Waals surface area contributed by atoms with Crippen LogP contribution >= 0.6 is 11.8 Å². The van der Waals surface area contributed by atoms with Gasteiger partial charge in [0, 0.05) is 24.2 Å². The number of aromatic nitrogens is 4. The van der Waals surface area contributed by atoms with Crippen molar-refractivity contribution in [1.29, 1.82) is 0 Å². The first-order valence-corrected chi connectivity index (χ1v) is 10.2. The second-order valence-corrected chi connectivity index (χ2v) is 8.26. The summed E-state index contributed by atoms with van der Waals surface area (Å²) < 4.78 is 7.12. The fourth-order valence-corrected chi connectivity index (χ4v) is 4.26. The van der Waals surface area contributed by atoms with E-state index < -0.39 is 11.2 Å². The van der Waals surface area contributed by atoms with Crippen molar-refractivity contribution in [3.63, 3.8) is 0 Å². The molecule has 3 rings (SSSR count). The van der Waals surface area contributed by atoms with Gasteiger partial charge in [-0.25, -0.2) is 0 Å². The van der Waals surface area contributed by atoms with Crippen LogP contribution < -0.4 is 5.73 Å². The number of carbonyl (C=O) groups is 3. The Morgan fingerprint density at radius 1 is 1.30 bits per heavy atom. The van der Waals surface area contributed by atoms with Crippen LogP contribution in [0, 0.1) is 13.8 Å². The van der Waals surface area contributed by atoms with E-state index in [4.69, 9.17) is 10.2 Å². The van der Waals surface area contributed by atoms with Crippen molar-refractivity contribution in [2.24, 2.45) is 5.73 Å². The normalized spacial score (nSPS) is 12.1. The molecule has 1 unspecified atom stereocenters. The molecule has 10 heteroatoms. The maximum absolute atomic E-state index is 13.1. The van der Waals surface area contributed by atoms with E-state index in [2.05, 4.69) is 15.2 Å². The van der Waals surface area contributed by atoms with Crippen LogP contribution in [0.25, 0.3) is 11.6 Å². The molecule has 3 N–H and O–H groups in total. The lowest BCUT2D eigenvalue weighted by Crippen LogP contribution is -2.18. The maximum Gasteiger partial charge on any atom is 0.219 e. The van der Waals surface area contributed by atoms with Gasteiger partial charge >= 0.3 is 0 Å². The summed E-state index contributed by atoms with van der Waals surface area (Å²) in [6.07, 6.45) is 1.61. The van der Waals surface area contributed by atoms with Gasteiger partial charge in [-0.3, -0.25) is 19.0 Å². The summed E-state index contributed by atoms with van der Waals surface area (Å²) in [4.78, 5) is 39.3. The Kier molecular flexibility index (Phi) is 6.25. The van der Waals surface area contributed by atoms with E-state index in [1.807, 2.05) is 0 Å². The van der Waals surface area contributed by atoms with E-state index in [9.17, 15) is 14.4 Å². The van der Waals surface area contributed by atoms with E-state index in [1.54, 1.807) is 37.5 Å². The van der Waals surface area contributed by atoms with Crippen LogP contribution in [0.4, 0.5) is 0 Å². The number of H-pyrrole nitrogens is 1. The fraction of sp³-hybridized carbons (Fsp3) is 0.350. The maximum atomic E-state index is 13.1. The Labute approximate surface area is 177 Å². The van der Waals surface area contributed by atoms with Crippen LogP contribution in [-0.4, -0.2) is 42.5 Å². The Balaban J connectivity index is 1.88. The SMILES string of the molecule is CC(=O)c1c(C)[nH]c(C(=O)C(C)Sc2nnc(-c3ccco3)n2CCC(N)=O)c1C. The molecule has 158 valence electrons. The number of primary amides is 1. The molecule has 0 aliphatic rings. The predicted molar refractivity (Wildman–Crippen MR) is 111 cm³/mol. The zero-order chi connectivity index (χ0) is 22.0. The van der Waals surface area contributed by atoms with E-state index in [-0.39, 0.29) is 24.5 Å². The molecule has 0 bridgehead atoms. The van der Waals surface area contributed by atoms with Crippen LogP contribution in [0.2, 0.25) is 0 Å². The Morgan fingerprint density at radius 2 is 2.03 bits per heavy atom. The highest BCUT2D eigenvalue weighted by Gasteiger charge is 2.27. The zero-order valence-corrected chi connectivity index (χ0v) is 18.0. The molecule has 1 atom stereocenters. The third-order valence-electron chi connectivity index (χ3n) is 4.73. The minimum Gasteiger partial charge on any atom is -0.461 e. The van der Waals surface area contributed by atoms with Gasteiger partial charge in [0.1, 0.15) is 0 Å². The number of nitrogens with two attached hydrogens (primary N) is 1. The summed E-state index contributed by atoms with van der Waals surface area (Å²) >= 11 is 1.22. The van der Waals surface area contributed by atoms with Crippen molar-refractivity contribution >= 4 is 29.2 Å². The van der Waals surface area contributed by atoms with Gasteiger partial charge in [0.05, 0.1) is 17.2 Å². The highest BCUT2D eigenvalue weighted by Crippen LogP contribution is 2.30. The van der Waals surface area contributed by atoms with Crippen LogP contribution in [-0.2, 0) is 11.3 Å². The number of amides is 1. The summed E-state index contributed by atoms with van der Waals surface area (Å²) in [6.45, 7) is 7.03. The first kappa shape index (κ1) is 21.6. The molecule has 0 aliphatic heterocycles. The largest absolute Gasteiger partial charge is 0.461 e. The van der Waals surface area contributed by atoms with Crippen LogP contribution in [0.3, 0.4) is 0 Å². The van der Waals surface area contributed by atoms with Crippen molar-refractivity contribution in [2.45, 2.75) is 51.1 Å². The Bertz CT molecular complexity index is 1100. The molecule has 0 saturated carbocycles. The number of nitrogens with zero attached hydrogens (tertiary/aromatic N) is 3. The molecule has 0 fully saturated rings. The first-order chi connectivity index (χ1) is 14.2. The van der Waals surface area contributed by atoms with Gasteiger partial charge in [0.2, 0.25) is 5.91 Å². The van der Waals surface area contributed by atoms with Crippen molar-refractivity contribution < 1.29 is 18.8 Å². The molecular formula is C20H23N5O4S. The number of furan rings is 1. The average molecular weight is 430 g/mol. The fourth-order valence-electron chi connectivity index (χ4n) is 3.33. The van der Waals surface area contributed by atoms with Gasteiger partial charge < -0.3 is 15.1 Å². The van der Waals surface area contributed by atoms with Gasteiger partial charge in [-0.15, -0.1) is 10.2 Å². The molecule has 3 aromatic rings. The summed E-state index contributed by atoms with van der Waals surface area (Å²) in [5, 5.41) is 8.31. The summed E-state index contributed by atoms with van der Waals surface area (Å²) in [6, 6.07) is 3.46. The lowest BCUT2D eigenvalue weighted by atomic mass is 10.0. The van der Waals surface area contributed by atoms with Gasteiger partial charge in [0.25, 0.3) is 0 Å². The number of thioether (sulfide) groups is 1. The Morgan fingerprint density at radius 3 is 2.60 bits per heavy atom. The zero-order valence-electron chi connectivity index (χ0n) is 17.2. The number of hydrogen-bond acceptors (Lipinski definition) is 7. The molecule has 3 heterocycles. The number of ketones is 2. The number of aryl methyl sites for hydroxylation is 1. The van der Waals surface area contributed by atoms with E-state index >= 15 is 0 Å². The minimum atomic E-state index is -0.512. The molecule has 0 aliphatic carbocycles. The second-order valence-electron chi connectivity index (χ2n) is 6.96. The van der Waals surface area contributed by atoms with E-state index in [0.717, 1.165) is 0 Å². The molecule has 0 aromatic carbocycles. The quantitative estimate of drug-likeness (QED) is 0.394. The minimum absolute atomic E-state index is 0.0881. The van der Waals surface area contributed by atoms with Crippen molar-refractivity contribution in [2.75, 3.05) is 0 Å². The van der Waals surface area contributed by atoms with Crippen molar-refractivity contribution in [3.05, 3.63) is 40.9 Å². The summed E-state index contributed by atoms with van der Waals surface area (Å²) in [5.74, 6) is 0.254. The molecular weight excluding hydrogens is 406 g/mol. The van der Waals surface area contributed by atoms with Gasteiger partial charge in [-0.05, 0) is 45.4 Å². The molecule has 30 heavy (non-hydrogen) atoms. The van der Waals surface area contributed by atoms with Crippen LogP contribution in [0.15, 0.2) is 28.0 Å². The smallest absolute Gasteiger partial charge is 0.219 e. The highest BCUT2D eigenvalue weighted by molar-refractivity contribution is 8.00. The summed E-state index contributed by atoms with van der Waals surface area (Å²) in [7, 11) is 0. The molecule has 0 radical (unpaired) electrons. The second kappa shape index (κ2) is 8.70. The predicted octanol–water partition coefficient (Wildman–Crippen LogP) is 2.92. The number of hydrogen-bond donors (Lipinski definition) is 2. The summed E-state index contributed by atoms with van der Waals surface area (Å²) in [5.41, 5.74) is 7.57. The molecule has 1 amide bonds. The third-order valence-corrected chi connectivity index (χ3v) is 5.81. The molecule has 0 saturated heterocycles. The third kappa shape index (κ3) is 4.23. The van der Waals surface area contributed by atoms with E-state index in [0.29, 0.717) is 39.3 Å².